The molecule has 0 unspecified atom stereocenters. The Labute approximate surface area is 150 Å². The molecule has 0 saturated carbocycles. The van der Waals surface area contributed by atoms with Crippen LogP contribution in [0.2, 0.25) is 0 Å². The van der Waals surface area contributed by atoms with Crippen molar-refractivity contribution in [3.63, 3.8) is 0 Å². The minimum Gasteiger partial charge on any atom is -0.377 e. The SMILES string of the molecule is CC1(C)CN(CC(=O)Nc2cccc(C(F)(F)F)c2)c2ccccc2N1. The van der Waals surface area contributed by atoms with Crippen LogP contribution in [0.15, 0.2) is 48.5 Å². The minimum absolute atomic E-state index is 0.0539. The predicted octanol–water partition coefficient (Wildman–Crippen LogP) is 4.35. The molecule has 0 saturated heterocycles. The van der Waals surface area contributed by atoms with Crippen molar-refractivity contribution in [3.05, 3.63) is 54.1 Å². The molecule has 7 heteroatoms. The summed E-state index contributed by atoms with van der Waals surface area (Å²) in [7, 11) is 0. The van der Waals surface area contributed by atoms with Gasteiger partial charge < -0.3 is 15.5 Å². The van der Waals surface area contributed by atoms with Crippen LogP contribution in [0.25, 0.3) is 0 Å². The first-order chi connectivity index (χ1) is 12.1. The van der Waals surface area contributed by atoms with Crippen molar-refractivity contribution in [2.45, 2.75) is 25.6 Å². The maximum absolute atomic E-state index is 12.8. The summed E-state index contributed by atoms with van der Waals surface area (Å²) in [5.74, 6) is -0.364. The number of nitrogens with one attached hydrogen (secondary N) is 2. The van der Waals surface area contributed by atoms with Crippen molar-refractivity contribution in [2.75, 3.05) is 28.6 Å². The Morgan fingerprint density at radius 2 is 1.92 bits per heavy atom. The maximum Gasteiger partial charge on any atom is 0.416 e. The summed E-state index contributed by atoms with van der Waals surface area (Å²) < 4.78 is 38.4. The van der Waals surface area contributed by atoms with Crippen molar-refractivity contribution < 1.29 is 18.0 Å². The number of hydrogen-bond donors (Lipinski definition) is 2. The van der Waals surface area contributed by atoms with Crippen molar-refractivity contribution >= 4 is 23.0 Å². The Bertz CT molecular complexity index is 818. The summed E-state index contributed by atoms with van der Waals surface area (Å²) in [6, 6.07) is 12.3. The topological polar surface area (TPSA) is 44.4 Å². The molecule has 0 aromatic heterocycles. The van der Waals surface area contributed by atoms with Gasteiger partial charge in [-0.15, -0.1) is 0 Å². The summed E-state index contributed by atoms with van der Waals surface area (Å²) in [4.78, 5) is 14.3. The van der Waals surface area contributed by atoms with Crippen LogP contribution < -0.4 is 15.5 Å². The van der Waals surface area contributed by atoms with Gasteiger partial charge in [-0.25, -0.2) is 0 Å². The van der Waals surface area contributed by atoms with E-state index in [4.69, 9.17) is 0 Å². The predicted molar refractivity (Wildman–Crippen MR) is 96.4 cm³/mol. The molecular formula is C19H20F3N3O. The van der Waals surface area contributed by atoms with Gasteiger partial charge in [0.2, 0.25) is 5.91 Å². The molecule has 0 atom stereocenters. The molecule has 1 aliphatic rings. The van der Waals surface area contributed by atoms with Gasteiger partial charge in [-0.3, -0.25) is 4.79 Å². The number of para-hydroxylation sites is 2. The van der Waals surface area contributed by atoms with Crippen molar-refractivity contribution in [1.29, 1.82) is 0 Å². The van der Waals surface area contributed by atoms with Gasteiger partial charge in [0.05, 0.1) is 23.5 Å². The molecule has 2 aromatic carbocycles. The Kier molecular flexibility index (Phi) is 4.56. The Balaban J connectivity index is 1.75. The Hall–Kier alpha value is -2.70. The smallest absolute Gasteiger partial charge is 0.377 e. The molecule has 0 radical (unpaired) electrons. The van der Waals surface area contributed by atoms with Crippen LogP contribution in [-0.4, -0.2) is 24.5 Å². The summed E-state index contributed by atoms with van der Waals surface area (Å²) in [5.41, 5.74) is 0.934. The molecule has 0 spiro atoms. The molecule has 4 nitrogen and oxygen atoms in total. The van der Waals surface area contributed by atoms with E-state index in [-0.39, 0.29) is 23.7 Å². The molecule has 2 aromatic rings. The largest absolute Gasteiger partial charge is 0.416 e. The number of alkyl halides is 3. The first-order valence-electron chi connectivity index (χ1n) is 8.23. The van der Waals surface area contributed by atoms with E-state index in [1.54, 1.807) is 0 Å². The Morgan fingerprint density at radius 1 is 1.19 bits per heavy atom. The number of benzene rings is 2. The van der Waals surface area contributed by atoms with Gasteiger partial charge in [-0.05, 0) is 44.2 Å². The van der Waals surface area contributed by atoms with Gasteiger partial charge in [-0.2, -0.15) is 13.2 Å². The average molecular weight is 363 g/mol. The zero-order valence-electron chi connectivity index (χ0n) is 14.5. The number of halogens is 3. The summed E-state index contributed by atoms with van der Waals surface area (Å²) >= 11 is 0. The van der Waals surface area contributed by atoms with Crippen LogP contribution in [0.3, 0.4) is 0 Å². The van der Waals surface area contributed by atoms with E-state index >= 15 is 0 Å². The first kappa shape index (κ1) is 18.1. The number of amides is 1. The number of hydrogen-bond acceptors (Lipinski definition) is 3. The second kappa shape index (κ2) is 6.55. The van der Waals surface area contributed by atoms with Crippen LogP contribution in [-0.2, 0) is 11.0 Å². The monoisotopic (exact) mass is 363 g/mol. The zero-order valence-corrected chi connectivity index (χ0v) is 14.5. The van der Waals surface area contributed by atoms with E-state index in [9.17, 15) is 18.0 Å². The van der Waals surface area contributed by atoms with E-state index in [0.717, 1.165) is 23.5 Å². The summed E-state index contributed by atoms with van der Waals surface area (Å²) in [5, 5.41) is 5.97. The first-order valence-corrected chi connectivity index (χ1v) is 8.23. The molecule has 1 aliphatic heterocycles. The average Bonchev–Trinajstić information content (AvgIpc) is 2.53. The third-order valence-corrected chi connectivity index (χ3v) is 4.11. The highest BCUT2D eigenvalue weighted by molar-refractivity contribution is 5.95. The molecular weight excluding hydrogens is 343 g/mol. The molecule has 1 heterocycles. The highest BCUT2D eigenvalue weighted by Crippen LogP contribution is 2.34. The van der Waals surface area contributed by atoms with E-state index in [0.29, 0.717) is 6.54 Å². The molecule has 2 N–H and O–H groups in total. The van der Waals surface area contributed by atoms with Gasteiger partial charge >= 0.3 is 6.18 Å². The van der Waals surface area contributed by atoms with Gasteiger partial charge in [0.25, 0.3) is 0 Å². The lowest BCUT2D eigenvalue weighted by atomic mass is 9.99. The number of nitrogens with zero attached hydrogens (tertiary/aromatic N) is 1. The van der Waals surface area contributed by atoms with Crippen molar-refractivity contribution in [1.82, 2.24) is 0 Å². The zero-order chi connectivity index (χ0) is 18.9. The second-order valence-corrected chi connectivity index (χ2v) is 7.01. The number of carbonyl (C=O) groups excluding carboxylic acids is 1. The number of rotatable bonds is 3. The highest BCUT2D eigenvalue weighted by atomic mass is 19.4. The van der Waals surface area contributed by atoms with E-state index < -0.39 is 11.7 Å². The summed E-state index contributed by atoms with van der Waals surface area (Å²) in [6.07, 6.45) is -4.44. The van der Waals surface area contributed by atoms with Crippen LogP contribution in [0.5, 0.6) is 0 Å². The molecule has 1 amide bonds. The van der Waals surface area contributed by atoms with Crippen molar-refractivity contribution in [2.24, 2.45) is 0 Å². The number of carbonyl (C=O) groups is 1. The molecule has 3 rings (SSSR count). The minimum atomic E-state index is -4.44. The van der Waals surface area contributed by atoms with Crippen molar-refractivity contribution in [3.8, 4) is 0 Å². The van der Waals surface area contributed by atoms with Gasteiger partial charge in [0, 0.05) is 17.8 Å². The lowest BCUT2D eigenvalue weighted by Crippen LogP contribution is -2.50. The van der Waals surface area contributed by atoms with Gasteiger partial charge in [0.15, 0.2) is 0 Å². The molecule has 138 valence electrons. The second-order valence-electron chi connectivity index (χ2n) is 7.01. The molecule has 0 bridgehead atoms. The van der Waals surface area contributed by atoms with E-state index in [2.05, 4.69) is 10.6 Å². The number of fused-ring (bicyclic) bond motifs is 1. The normalized spacial score (nSPS) is 15.8. The molecule has 0 aliphatic carbocycles. The third-order valence-electron chi connectivity index (χ3n) is 4.11. The van der Waals surface area contributed by atoms with E-state index in [1.807, 2.05) is 43.0 Å². The maximum atomic E-state index is 12.8. The Morgan fingerprint density at radius 3 is 2.65 bits per heavy atom. The fraction of sp³-hybridized carbons (Fsp3) is 0.316. The fourth-order valence-electron chi connectivity index (χ4n) is 3.11. The van der Waals surface area contributed by atoms with Crippen LogP contribution in [0, 0.1) is 0 Å². The summed E-state index contributed by atoms with van der Waals surface area (Å²) in [6.45, 7) is 4.71. The van der Waals surface area contributed by atoms with E-state index in [1.165, 1.54) is 12.1 Å². The molecule has 0 fully saturated rings. The van der Waals surface area contributed by atoms with Crippen LogP contribution in [0.1, 0.15) is 19.4 Å². The standard InChI is InChI=1S/C19H20F3N3O/c1-18(2)12-25(16-9-4-3-8-15(16)24-18)11-17(26)23-14-7-5-6-13(10-14)19(20,21)22/h3-10,24H,11-12H2,1-2H3,(H,23,26). The van der Waals surface area contributed by atoms with Gasteiger partial charge in [-0.1, -0.05) is 18.2 Å². The van der Waals surface area contributed by atoms with Gasteiger partial charge in [0.1, 0.15) is 0 Å². The quantitative estimate of drug-likeness (QED) is 0.852. The lowest BCUT2D eigenvalue weighted by Gasteiger charge is -2.41. The molecule has 26 heavy (non-hydrogen) atoms. The third kappa shape index (κ3) is 4.09. The van der Waals surface area contributed by atoms with Crippen LogP contribution in [0.4, 0.5) is 30.2 Å². The number of anilines is 3. The fourth-order valence-corrected chi connectivity index (χ4v) is 3.11. The lowest BCUT2D eigenvalue weighted by molar-refractivity contribution is -0.137. The highest BCUT2D eigenvalue weighted by Gasteiger charge is 2.31. The van der Waals surface area contributed by atoms with Crippen LogP contribution >= 0.6 is 0 Å².